The number of aromatic nitrogens is 3. The Morgan fingerprint density at radius 1 is 0.340 bits per heavy atom. The Bertz CT molecular complexity index is 2800. The summed E-state index contributed by atoms with van der Waals surface area (Å²) >= 11 is 1.83. The lowest BCUT2D eigenvalue weighted by Crippen LogP contribution is -2.00. The monoisotopic (exact) mass is 657 g/mol. The lowest BCUT2D eigenvalue weighted by molar-refractivity contribution is 0.670. The zero-order chi connectivity index (χ0) is 33.0. The molecule has 0 saturated heterocycles. The van der Waals surface area contributed by atoms with E-state index in [1.165, 1.54) is 31.3 Å². The summed E-state index contributed by atoms with van der Waals surface area (Å²) in [6.45, 7) is 0. The van der Waals surface area contributed by atoms with E-state index in [2.05, 4.69) is 97.1 Å². The summed E-state index contributed by atoms with van der Waals surface area (Å²) in [6.07, 6.45) is 0. The highest BCUT2D eigenvalue weighted by molar-refractivity contribution is 7.25. The Labute approximate surface area is 292 Å². The standard InChI is InChI=1S/C45H27N3OS/c1-4-12-28(13-5-1)31-22-24-39-37(26-31)38-27-32(23-25-40(38)50-39)33-18-10-19-34-35-20-11-21-36(42(35)49-41(33)34)45-47-43(29-14-6-2-7-15-29)46-44(48-45)30-16-8-3-9-17-30/h1-27H. The molecule has 0 unspecified atom stereocenters. The number of hydrogen-bond acceptors (Lipinski definition) is 5. The van der Waals surface area contributed by atoms with Gasteiger partial charge in [0.05, 0.1) is 5.56 Å². The maximum absolute atomic E-state index is 6.87. The molecule has 0 bridgehead atoms. The van der Waals surface area contributed by atoms with Crippen molar-refractivity contribution >= 4 is 53.4 Å². The van der Waals surface area contributed by atoms with Crippen molar-refractivity contribution in [2.45, 2.75) is 0 Å². The molecule has 0 spiro atoms. The highest BCUT2D eigenvalue weighted by Gasteiger charge is 2.20. The van der Waals surface area contributed by atoms with Gasteiger partial charge < -0.3 is 4.42 Å². The maximum atomic E-state index is 6.87. The maximum Gasteiger partial charge on any atom is 0.167 e. The fourth-order valence-corrected chi connectivity index (χ4v) is 7.97. The molecule has 10 rings (SSSR count). The predicted molar refractivity (Wildman–Crippen MR) is 207 cm³/mol. The van der Waals surface area contributed by atoms with Crippen LogP contribution in [0.15, 0.2) is 168 Å². The van der Waals surface area contributed by atoms with Crippen molar-refractivity contribution in [1.29, 1.82) is 0 Å². The van der Waals surface area contributed by atoms with E-state index in [0.29, 0.717) is 17.5 Å². The SMILES string of the molecule is c1ccc(-c2ccc3sc4ccc(-c5cccc6c5oc5c(-c7nc(-c8ccccc8)nc(-c8ccccc8)n7)cccc56)cc4c3c2)cc1. The normalized spacial score (nSPS) is 11.6. The van der Waals surface area contributed by atoms with Crippen molar-refractivity contribution in [3.63, 3.8) is 0 Å². The van der Waals surface area contributed by atoms with Gasteiger partial charge in [0, 0.05) is 47.6 Å². The first-order chi connectivity index (χ1) is 24.8. The average molecular weight is 658 g/mol. The van der Waals surface area contributed by atoms with Crippen LogP contribution in [0.3, 0.4) is 0 Å². The van der Waals surface area contributed by atoms with Crippen LogP contribution >= 0.6 is 11.3 Å². The van der Waals surface area contributed by atoms with Crippen molar-refractivity contribution in [2.24, 2.45) is 0 Å². The average Bonchev–Trinajstić information content (AvgIpc) is 3.76. The molecule has 3 heterocycles. The van der Waals surface area contributed by atoms with Gasteiger partial charge in [0.1, 0.15) is 11.2 Å². The smallest absolute Gasteiger partial charge is 0.167 e. The Kier molecular flexibility index (Phi) is 6.64. The van der Waals surface area contributed by atoms with Crippen LogP contribution in [0.4, 0.5) is 0 Å². The molecule has 0 fully saturated rings. The number of fused-ring (bicyclic) bond motifs is 6. The van der Waals surface area contributed by atoms with Gasteiger partial charge in [-0.05, 0) is 47.0 Å². The van der Waals surface area contributed by atoms with Crippen molar-refractivity contribution in [1.82, 2.24) is 15.0 Å². The van der Waals surface area contributed by atoms with Gasteiger partial charge in [-0.2, -0.15) is 0 Å². The number of furan rings is 1. The van der Waals surface area contributed by atoms with Crippen LogP contribution in [-0.2, 0) is 0 Å². The van der Waals surface area contributed by atoms with Crippen LogP contribution in [-0.4, -0.2) is 15.0 Å². The quantitative estimate of drug-likeness (QED) is 0.185. The van der Waals surface area contributed by atoms with Gasteiger partial charge in [-0.3, -0.25) is 0 Å². The molecule has 0 aliphatic rings. The number of benzene rings is 7. The minimum atomic E-state index is 0.573. The van der Waals surface area contributed by atoms with Crippen LogP contribution in [0.5, 0.6) is 0 Å². The summed E-state index contributed by atoms with van der Waals surface area (Å²) in [6, 6.07) is 56.9. The zero-order valence-corrected chi connectivity index (χ0v) is 27.6. The Morgan fingerprint density at radius 3 is 1.42 bits per heavy atom. The van der Waals surface area contributed by atoms with Crippen LogP contribution < -0.4 is 0 Å². The summed E-state index contributed by atoms with van der Waals surface area (Å²) in [5.74, 6) is 1.81. The number of nitrogens with zero attached hydrogens (tertiary/aromatic N) is 3. The van der Waals surface area contributed by atoms with E-state index >= 15 is 0 Å². The van der Waals surface area contributed by atoms with Crippen LogP contribution in [0.1, 0.15) is 0 Å². The van der Waals surface area contributed by atoms with Crippen molar-refractivity contribution in [3.05, 3.63) is 164 Å². The largest absolute Gasteiger partial charge is 0.455 e. The molecule has 5 heteroatoms. The van der Waals surface area contributed by atoms with Crippen molar-refractivity contribution in [2.75, 3.05) is 0 Å². The molecule has 0 N–H and O–H groups in total. The fourth-order valence-electron chi connectivity index (χ4n) is 6.91. The van der Waals surface area contributed by atoms with E-state index in [1.807, 2.05) is 78.1 Å². The highest BCUT2D eigenvalue weighted by Crippen LogP contribution is 2.42. The van der Waals surface area contributed by atoms with Crippen LogP contribution in [0.25, 0.3) is 98.5 Å². The minimum absolute atomic E-state index is 0.573. The van der Waals surface area contributed by atoms with Gasteiger partial charge in [0.15, 0.2) is 17.5 Å². The molecule has 0 saturated carbocycles. The Balaban J connectivity index is 1.15. The molecular weight excluding hydrogens is 631 g/mol. The van der Waals surface area contributed by atoms with E-state index in [-0.39, 0.29) is 0 Å². The van der Waals surface area contributed by atoms with Crippen LogP contribution in [0.2, 0.25) is 0 Å². The number of rotatable bonds is 5. The highest BCUT2D eigenvalue weighted by atomic mass is 32.1. The molecule has 0 aliphatic heterocycles. The molecule has 0 aliphatic carbocycles. The van der Waals surface area contributed by atoms with Gasteiger partial charge >= 0.3 is 0 Å². The van der Waals surface area contributed by atoms with Gasteiger partial charge in [-0.25, -0.2) is 15.0 Å². The number of para-hydroxylation sites is 2. The van der Waals surface area contributed by atoms with Gasteiger partial charge in [-0.1, -0.05) is 133 Å². The first-order valence-corrected chi connectivity index (χ1v) is 17.4. The third-order valence-electron chi connectivity index (χ3n) is 9.35. The van der Waals surface area contributed by atoms with Crippen molar-refractivity contribution in [3.8, 4) is 56.4 Å². The molecule has 0 radical (unpaired) electrons. The van der Waals surface area contributed by atoms with Crippen LogP contribution in [0, 0.1) is 0 Å². The number of thiophene rings is 1. The topological polar surface area (TPSA) is 51.8 Å². The summed E-state index contributed by atoms with van der Waals surface area (Å²) in [4.78, 5) is 14.9. The third kappa shape index (κ3) is 4.79. The number of hydrogen-bond donors (Lipinski definition) is 0. The molecule has 234 valence electrons. The molecule has 0 amide bonds. The van der Waals surface area contributed by atoms with Gasteiger partial charge in [-0.15, -0.1) is 11.3 Å². The second kappa shape index (κ2) is 11.6. The molecule has 4 nitrogen and oxygen atoms in total. The molecule has 0 atom stereocenters. The first kappa shape index (κ1) is 28.6. The summed E-state index contributed by atoms with van der Waals surface area (Å²) < 4.78 is 9.43. The molecule has 50 heavy (non-hydrogen) atoms. The first-order valence-electron chi connectivity index (χ1n) is 16.6. The van der Waals surface area contributed by atoms with E-state index in [4.69, 9.17) is 19.4 Å². The fraction of sp³-hybridized carbons (Fsp3) is 0. The lowest BCUT2D eigenvalue weighted by atomic mass is 9.99. The van der Waals surface area contributed by atoms with Gasteiger partial charge in [0.2, 0.25) is 0 Å². The molecule has 7 aromatic carbocycles. The van der Waals surface area contributed by atoms with E-state index in [0.717, 1.165) is 49.8 Å². The Hall–Kier alpha value is -6.43. The second-order valence-corrected chi connectivity index (χ2v) is 13.5. The summed E-state index contributed by atoms with van der Waals surface area (Å²) in [5.41, 5.74) is 8.90. The Morgan fingerprint density at radius 2 is 0.820 bits per heavy atom. The van der Waals surface area contributed by atoms with E-state index in [1.54, 1.807) is 0 Å². The zero-order valence-electron chi connectivity index (χ0n) is 26.7. The van der Waals surface area contributed by atoms with E-state index in [9.17, 15) is 0 Å². The van der Waals surface area contributed by atoms with E-state index < -0.39 is 0 Å². The molecular formula is C45H27N3OS. The summed E-state index contributed by atoms with van der Waals surface area (Å²) in [7, 11) is 0. The second-order valence-electron chi connectivity index (χ2n) is 12.4. The lowest BCUT2D eigenvalue weighted by Gasteiger charge is -2.08. The summed E-state index contributed by atoms with van der Waals surface area (Å²) in [5, 5.41) is 4.60. The molecule has 10 aromatic rings. The minimum Gasteiger partial charge on any atom is -0.455 e. The molecule has 3 aromatic heterocycles. The predicted octanol–water partition coefficient (Wildman–Crippen LogP) is 12.5. The third-order valence-corrected chi connectivity index (χ3v) is 10.5. The van der Waals surface area contributed by atoms with Crippen molar-refractivity contribution < 1.29 is 4.42 Å². The van der Waals surface area contributed by atoms with Gasteiger partial charge in [0.25, 0.3) is 0 Å².